The van der Waals surface area contributed by atoms with Gasteiger partial charge in [0.2, 0.25) is 0 Å². The van der Waals surface area contributed by atoms with Gasteiger partial charge in [0.1, 0.15) is 5.75 Å². The summed E-state index contributed by atoms with van der Waals surface area (Å²) in [5.41, 5.74) is 0.563. The summed E-state index contributed by atoms with van der Waals surface area (Å²) in [4.78, 5) is 21.8. The first-order valence-electron chi connectivity index (χ1n) is 7.38. The number of carboxylic acid groups (broad SMARTS) is 1. The van der Waals surface area contributed by atoms with Gasteiger partial charge in [-0.05, 0) is 36.4 Å². The van der Waals surface area contributed by atoms with Crippen LogP contribution < -0.4 is 19.5 Å². The van der Waals surface area contributed by atoms with Crippen LogP contribution in [-0.2, 0) is 19.6 Å². The minimum absolute atomic E-state index is 0.0439. The van der Waals surface area contributed by atoms with Crippen LogP contribution in [0.15, 0.2) is 47.4 Å². The Kier molecular flexibility index (Phi) is 4.67. The maximum absolute atomic E-state index is 12.5. The normalized spacial score (nSPS) is 13.2. The van der Waals surface area contributed by atoms with Crippen molar-refractivity contribution in [1.29, 1.82) is 0 Å². The number of anilines is 2. The highest BCUT2D eigenvalue weighted by Gasteiger charge is 2.22. The zero-order valence-electron chi connectivity index (χ0n) is 13.3. The van der Waals surface area contributed by atoms with Gasteiger partial charge >= 0.3 is 5.97 Å². The highest BCUT2D eigenvalue weighted by atomic mass is 32.2. The molecule has 0 atom stereocenters. The molecular weight excluding hydrogens is 364 g/mol. The van der Waals surface area contributed by atoms with E-state index in [1.54, 1.807) is 12.1 Å². The number of carbonyl (C=O) groups excluding carboxylic acids is 1. The van der Waals surface area contributed by atoms with Crippen LogP contribution in [0.4, 0.5) is 11.4 Å². The van der Waals surface area contributed by atoms with Crippen molar-refractivity contribution >= 4 is 33.3 Å². The number of hydrogen-bond acceptors (Lipinski definition) is 6. The number of sulfonamides is 1. The van der Waals surface area contributed by atoms with E-state index in [9.17, 15) is 18.0 Å². The average Bonchev–Trinajstić information content (AvgIpc) is 2.60. The SMILES string of the molecule is O=C(O)COc1ccc(S(=O)(=O)Nc2cccc3c2OCC(=O)N3)cc1. The molecular formula is C16H14N2O7S. The smallest absolute Gasteiger partial charge is 0.341 e. The van der Waals surface area contributed by atoms with Crippen molar-refractivity contribution in [3.63, 3.8) is 0 Å². The quantitative estimate of drug-likeness (QED) is 0.690. The minimum atomic E-state index is -3.92. The third-order valence-electron chi connectivity index (χ3n) is 3.38. The van der Waals surface area contributed by atoms with E-state index >= 15 is 0 Å². The Morgan fingerprint density at radius 1 is 1.23 bits per heavy atom. The fourth-order valence-electron chi connectivity index (χ4n) is 2.26. The van der Waals surface area contributed by atoms with Crippen molar-refractivity contribution in [2.75, 3.05) is 23.3 Å². The number of rotatable bonds is 6. The van der Waals surface area contributed by atoms with Gasteiger partial charge in [-0.2, -0.15) is 0 Å². The zero-order valence-corrected chi connectivity index (χ0v) is 14.1. The number of amides is 1. The van der Waals surface area contributed by atoms with Crippen molar-refractivity contribution in [3.05, 3.63) is 42.5 Å². The van der Waals surface area contributed by atoms with E-state index in [0.29, 0.717) is 5.69 Å². The monoisotopic (exact) mass is 378 g/mol. The van der Waals surface area contributed by atoms with Crippen LogP contribution in [0.2, 0.25) is 0 Å². The van der Waals surface area contributed by atoms with Gasteiger partial charge in [-0.1, -0.05) is 6.07 Å². The van der Waals surface area contributed by atoms with Crippen LogP contribution in [-0.4, -0.2) is 38.6 Å². The molecule has 1 aliphatic rings. The Hall–Kier alpha value is -3.27. The predicted octanol–water partition coefficient (Wildman–Crippen LogP) is 1.28. The summed E-state index contributed by atoms with van der Waals surface area (Å²) in [5, 5.41) is 11.2. The van der Waals surface area contributed by atoms with E-state index in [4.69, 9.17) is 14.6 Å². The Labute approximate surface area is 148 Å². The molecule has 0 aromatic heterocycles. The lowest BCUT2D eigenvalue weighted by atomic mass is 10.2. The number of carbonyl (C=O) groups is 2. The van der Waals surface area contributed by atoms with Gasteiger partial charge in [-0.15, -0.1) is 0 Å². The lowest BCUT2D eigenvalue weighted by molar-refractivity contribution is -0.139. The Morgan fingerprint density at radius 2 is 1.96 bits per heavy atom. The molecule has 3 N–H and O–H groups in total. The molecule has 0 bridgehead atoms. The molecule has 136 valence electrons. The molecule has 1 amide bonds. The number of nitrogens with one attached hydrogen (secondary N) is 2. The first-order chi connectivity index (χ1) is 12.3. The third kappa shape index (κ3) is 3.86. The van der Waals surface area contributed by atoms with Crippen molar-refractivity contribution < 1.29 is 32.6 Å². The third-order valence-corrected chi connectivity index (χ3v) is 4.76. The predicted molar refractivity (Wildman–Crippen MR) is 90.9 cm³/mol. The molecule has 2 aromatic carbocycles. The van der Waals surface area contributed by atoms with Crippen LogP contribution in [0.1, 0.15) is 0 Å². The number of benzene rings is 2. The number of hydrogen-bond donors (Lipinski definition) is 3. The van der Waals surface area contributed by atoms with Gasteiger partial charge in [0.15, 0.2) is 19.0 Å². The average molecular weight is 378 g/mol. The Balaban J connectivity index is 1.80. The number of ether oxygens (including phenoxy) is 2. The molecule has 26 heavy (non-hydrogen) atoms. The van der Waals surface area contributed by atoms with Crippen molar-refractivity contribution in [2.24, 2.45) is 0 Å². The molecule has 0 saturated heterocycles. The fraction of sp³-hybridized carbons (Fsp3) is 0.125. The molecule has 0 radical (unpaired) electrons. The van der Waals surface area contributed by atoms with Crippen LogP contribution in [0.3, 0.4) is 0 Å². The van der Waals surface area contributed by atoms with Gasteiger partial charge in [0.05, 0.1) is 16.3 Å². The second-order valence-electron chi connectivity index (χ2n) is 5.28. The molecule has 1 aliphatic heterocycles. The van der Waals surface area contributed by atoms with Gasteiger partial charge in [-0.3, -0.25) is 9.52 Å². The molecule has 1 heterocycles. The summed E-state index contributed by atoms with van der Waals surface area (Å²) in [7, 11) is -3.92. The van der Waals surface area contributed by atoms with Gasteiger partial charge in [-0.25, -0.2) is 13.2 Å². The molecule has 2 aromatic rings. The summed E-state index contributed by atoms with van der Waals surface area (Å²) >= 11 is 0. The molecule has 0 saturated carbocycles. The van der Waals surface area contributed by atoms with Crippen LogP contribution in [0.25, 0.3) is 0 Å². The number of aliphatic carboxylic acids is 1. The van der Waals surface area contributed by atoms with Crippen LogP contribution >= 0.6 is 0 Å². The van der Waals surface area contributed by atoms with Gasteiger partial charge < -0.3 is 19.9 Å². The zero-order chi connectivity index (χ0) is 18.7. The number of fused-ring (bicyclic) bond motifs is 1. The van der Waals surface area contributed by atoms with E-state index in [1.807, 2.05) is 0 Å². The van der Waals surface area contributed by atoms with E-state index in [0.717, 1.165) is 0 Å². The van der Waals surface area contributed by atoms with Crippen molar-refractivity contribution in [2.45, 2.75) is 4.90 Å². The molecule has 3 rings (SSSR count). The topological polar surface area (TPSA) is 131 Å². The maximum Gasteiger partial charge on any atom is 0.341 e. The standard InChI is InChI=1S/C16H14N2O7S/c19-14-8-25-16-12(17-14)2-1-3-13(16)18-26(22,23)11-6-4-10(5-7-11)24-9-15(20)21/h1-7,18H,8-9H2,(H,17,19)(H,20,21). The summed E-state index contributed by atoms with van der Waals surface area (Å²) in [6.07, 6.45) is 0. The van der Waals surface area contributed by atoms with Gasteiger partial charge in [0.25, 0.3) is 15.9 Å². The van der Waals surface area contributed by atoms with E-state index in [-0.39, 0.29) is 34.6 Å². The largest absolute Gasteiger partial charge is 0.482 e. The van der Waals surface area contributed by atoms with Crippen LogP contribution in [0.5, 0.6) is 11.5 Å². The van der Waals surface area contributed by atoms with E-state index in [2.05, 4.69) is 10.0 Å². The maximum atomic E-state index is 12.5. The second kappa shape index (κ2) is 6.92. The van der Waals surface area contributed by atoms with Crippen LogP contribution in [0, 0.1) is 0 Å². The number of para-hydroxylation sites is 1. The molecule has 0 aliphatic carbocycles. The van der Waals surface area contributed by atoms with Gasteiger partial charge in [0, 0.05) is 0 Å². The molecule has 9 nitrogen and oxygen atoms in total. The highest BCUT2D eigenvalue weighted by Crippen LogP contribution is 2.36. The fourth-order valence-corrected chi connectivity index (χ4v) is 3.32. The van der Waals surface area contributed by atoms with Crippen molar-refractivity contribution in [3.8, 4) is 11.5 Å². The number of carboxylic acids is 1. The summed E-state index contributed by atoms with van der Waals surface area (Å²) in [5.74, 6) is -0.995. The lowest BCUT2D eigenvalue weighted by Gasteiger charge is -2.21. The lowest BCUT2D eigenvalue weighted by Crippen LogP contribution is -2.26. The molecule has 0 spiro atoms. The molecule has 0 fully saturated rings. The molecule has 10 heteroatoms. The first-order valence-corrected chi connectivity index (χ1v) is 8.86. The summed E-state index contributed by atoms with van der Waals surface area (Å²) < 4.78 is 37.8. The van der Waals surface area contributed by atoms with E-state index in [1.165, 1.54) is 30.3 Å². The summed E-state index contributed by atoms with van der Waals surface area (Å²) in [6.45, 7) is -0.731. The minimum Gasteiger partial charge on any atom is -0.482 e. The Morgan fingerprint density at radius 3 is 2.65 bits per heavy atom. The van der Waals surface area contributed by atoms with Crippen molar-refractivity contribution in [1.82, 2.24) is 0 Å². The highest BCUT2D eigenvalue weighted by molar-refractivity contribution is 7.92. The molecule has 0 unspecified atom stereocenters. The van der Waals surface area contributed by atoms with E-state index < -0.39 is 22.6 Å². The summed E-state index contributed by atoms with van der Waals surface area (Å²) in [6, 6.07) is 9.98. The first kappa shape index (κ1) is 17.5. The second-order valence-corrected chi connectivity index (χ2v) is 6.96. The Bertz CT molecular complexity index is 955.